The van der Waals surface area contributed by atoms with Crippen LogP contribution in [0, 0.1) is 13.8 Å². The molecule has 5 nitrogen and oxygen atoms in total. The lowest BCUT2D eigenvalue weighted by molar-refractivity contribution is -0.114. The minimum absolute atomic E-state index is 0.0815. The third-order valence-electron chi connectivity index (χ3n) is 4.55. The fraction of sp³-hybridized carbons (Fsp3) is 0.136. The van der Waals surface area contributed by atoms with Crippen LogP contribution in [0.3, 0.4) is 0 Å². The first-order valence-electron chi connectivity index (χ1n) is 9.09. The first-order chi connectivity index (χ1) is 14.2. The molecule has 1 N–H and O–H groups in total. The summed E-state index contributed by atoms with van der Waals surface area (Å²) in [6.07, 6.45) is 0. The number of para-hydroxylation sites is 1. The smallest absolute Gasteiger partial charge is 0.264 e. The summed E-state index contributed by atoms with van der Waals surface area (Å²) in [7, 11) is -4.03. The van der Waals surface area contributed by atoms with Crippen molar-refractivity contribution in [2.75, 3.05) is 16.2 Å². The second-order valence-corrected chi connectivity index (χ2v) is 9.41. The molecule has 0 heterocycles. The maximum atomic E-state index is 13.4. The van der Waals surface area contributed by atoms with Gasteiger partial charge in [-0.15, -0.1) is 0 Å². The lowest BCUT2D eigenvalue weighted by Crippen LogP contribution is -2.38. The van der Waals surface area contributed by atoms with Crippen LogP contribution in [-0.2, 0) is 14.8 Å². The molecular weight excluding hydrogens is 443 g/mol. The molecule has 0 aliphatic rings. The van der Waals surface area contributed by atoms with Crippen LogP contribution >= 0.6 is 23.2 Å². The van der Waals surface area contributed by atoms with E-state index >= 15 is 0 Å². The minimum atomic E-state index is -4.03. The number of halogens is 2. The number of nitrogens with one attached hydrogen (secondary N) is 1. The Hall–Kier alpha value is -2.54. The average Bonchev–Trinajstić information content (AvgIpc) is 2.70. The normalized spacial score (nSPS) is 11.2. The quantitative estimate of drug-likeness (QED) is 0.529. The molecule has 0 aliphatic carbocycles. The molecule has 156 valence electrons. The van der Waals surface area contributed by atoms with Crippen LogP contribution in [0.1, 0.15) is 11.1 Å². The van der Waals surface area contributed by atoms with Gasteiger partial charge in [-0.25, -0.2) is 8.42 Å². The van der Waals surface area contributed by atoms with E-state index in [0.29, 0.717) is 27.0 Å². The summed E-state index contributed by atoms with van der Waals surface area (Å²) in [5.41, 5.74) is 2.22. The number of benzene rings is 3. The van der Waals surface area contributed by atoms with E-state index in [4.69, 9.17) is 23.2 Å². The predicted octanol–water partition coefficient (Wildman–Crippen LogP) is 5.44. The summed E-state index contributed by atoms with van der Waals surface area (Å²) in [6, 6.07) is 18.1. The van der Waals surface area contributed by atoms with E-state index in [1.165, 1.54) is 12.1 Å². The Balaban J connectivity index is 2.02. The van der Waals surface area contributed by atoms with Gasteiger partial charge in [-0.2, -0.15) is 0 Å². The van der Waals surface area contributed by atoms with E-state index < -0.39 is 22.5 Å². The summed E-state index contributed by atoms with van der Waals surface area (Å²) < 4.78 is 27.9. The molecule has 0 aromatic heterocycles. The maximum absolute atomic E-state index is 13.4. The molecule has 3 aromatic rings. The molecule has 0 spiro atoms. The van der Waals surface area contributed by atoms with Crippen molar-refractivity contribution in [3.05, 3.63) is 87.9 Å². The molecule has 3 rings (SSSR count). The molecule has 0 fully saturated rings. The van der Waals surface area contributed by atoms with Crippen molar-refractivity contribution in [2.45, 2.75) is 18.7 Å². The number of carbonyl (C=O) groups is 1. The van der Waals surface area contributed by atoms with E-state index in [2.05, 4.69) is 5.32 Å². The van der Waals surface area contributed by atoms with Crippen LogP contribution in [0.15, 0.2) is 71.6 Å². The van der Waals surface area contributed by atoms with Gasteiger partial charge in [-0.3, -0.25) is 9.10 Å². The number of rotatable bonds is 6. The number of hydrogen-bond acceptors (Lipinski definition) is 3. The highest BCUT2D eigenvalue weighted by Gasteiger charge is 2.29. The molecule has 30 heavy (non-hydrogen) atoms. The van der Waals surface area contributed by atoms with Crippen LogP contribution in [0.4, 0.5) is 11.4 Å². The second-order valence-electron chi connectivity index (χ2n) is 6.74. The van der Waals surface area contributed by atoms with E-state index in [9.17, 15) is 13.2 Å². The van der Waals surface area contributed by atoms with E-state index in [1.54, 1.807) is 61.5 Å². The van der Waals surface area contributed by atoms with E-state index in [0.717, 1.165) is 9.87 Å². The third-order valence-corrected chi connectivity index (χ3v) is 7.06. The van der Waals surface area contributed by atoms with Gasteiger partial charge in [0.05, 0.1) is 21.3 Å². The van der Waals surface area contributed by atoms with Crippen molar-refractivity contribution < 1.29 is 13.2 Å². The highest BCUT2D eigenvalue weighted by atomic mass is 35.5. The van der Waals surface area contributed by atoms with Crippen LogP contribution in [-0.4, -0.2) is 20.9 Å². The van der Waals surface area contributed by atoms with Gasteiger partial charge in [-0.05, 0) is 55.8 Å². The van der Waals surface area contributed by atoms with Gasteiger partial charge < -0.3 is 5.32 Å². The molecule has 0 radical (unpaired) electrons. The Morgan fingerprint density at radius 1 is 0.900 bits per heavy atom. The van der Waals surface area contributed by atoms with Crippen molar-refractivity contribution in [3.8, 4) is 0 Å². The zero-order chi connectivity index (χ0) is 21.9. The van der Waals surface area contributed by atoms with Crippen LogP contribution in [0.25, 0.3) is 0 Å². The SMILES string of the molecule is Cc1ccc(S(=O)(=O)N(CC(=O)Nc2ccccc2Cl)c2cccc(Cl)c2C)cc1. The molecule has 0 aliphatic heterocycles. The minimum Gasteiger partial charge on any atom is -0.323 e. The summed E-state index contributed by atoms with van der Waals surface area (Å²) >= 11 is 12.3. The van der Waals surface area contributed by atoms with Gasteiger partial charge in [0, 0.05) is 5.02 Å². The van der Waals surface area contributed by atoms with Crippen LogP contribution in [0.5, 0.6) is 0 Å². The van der Waals surface area contributed by atoms with Gasteiger partial charge in [-0.1, -0.05) is 59.1 Å². The standard InChI is InChI=1S/C22H20Cl2N2O3S/c1-15-10-12-17(13-11-15)30(28,29)26(21-9-5-7-18(23)16(21)2)14-22(27)25-20-8-4-3-6-19(20)24/h3-13H,14H2,1-2H3,(H,25,27). The van der Waals surface area contributed by atoms with Gasteiger partial charge >= 0.3 is 0 Å². The number of anilines is 2. The lowest BCUT2D eigenvalue weighted by Gasteiger charge is -2.26. The van der Waals surface area contributed by atoms with Crippen molar-refractivity contribution in [1.82, 2.24) is 0 Å². The second kappa shape index (κ2) is 9.08. The van der Waals surface area contributed by atoms with Crippen molar-refractivity contribution >= 4 is 50.5 Å². The molecule has 0 saturated heterocycles. The number of hydrogen-bond donors (Lipinski definition) is 1. The predicted molar refractivity (Wildman–Crippen MR) is 122 cm³/mol. The maximum Gasteiger partial charge on any atom is 0.264 e. The zero-order valence-corrected chi connectivity index (χ0v) is 18.7. The Bertz CT molecular complexity index is 1180. The first-order valence-corrected chi connectivity index (χ1v) is 11.3. The fourth-order valence-electron chi connectivity index (χ4n) is 2.89. The topological polar surface area (TPSA) is 66.5 Å². The van der Waals surface area contributed by atoms with Gasteiger partial charge in [0.15, 0.2) is 0 Å². The molecule has 3 aromatic carbocycles. The van der Waals surface area contributed by atoms with Crippen molar-refractivity contribution in [1.29, 1.82) is 0 Å². The third kappa shape index (κ3) is 4.78. The van der Waals surface area contributed by atoms with E-state index in [1.807, 2.05) is 6.92 Å². The molecule has 0 bridgehead atoms. The van der Waals surface area contributed by atoms with Gasteiger partial charge in [0.1, 0.15) is 6.54 Å². The summed E-state index contributed by atoms with van der Waals surface area (Å²) in [5, 5.41) is 3.43. The number of nitrogens with zero attached hydrogens (tertiary/aromatic N) is 1. The summed E-state index contributed by atoms with van der Waals surface area (Å²) in [6.45, 7) is 3.14. The summed E-state index contributed by atoms with van der Waals surface area (Å²) in [5.74, 6) is -0.529. The first kappa shape index (κ1) is 22.2. The van der Waals surface area contributed by atoms with Crippen molar-refractivity contribution in [3.63, 3.8) is 0 Å². The Kier molecular flexibility index (Phi) is 6.71. The highest BCUT2D eigenvalue weighted by molar-refractivity contribution is 7.92. The fourth-order valence-corrected chi connectivity index (χ4v) is 4.72. The Morgan fingerprint density at radius 3 is 2.20 bits per heavy atom. The summed E-state index contributed by atoms with van der Waals surface area (Å²) in [4.78, 5) is 12.8. The van der Waals surface area contributed by atoms with Gasteiger partial charge in [0.2, 0.25) is 5.91 Å². The van der Waals surface area contributed by atoms with Crippen molar-refractivity contribution in [2.24, 2.45) is 0 Å². The highest BCUT2D eigenvalue weighted by Crippen LogP contribution is 2.31. The number of amides is 1. The molecule has 0 saturated carbocycles. The van der Waals surface area contributed by atoms with E-state index in [-0.39, 0.29) is 4.90 Å². The van der Waals surface area contributed by atoms with Crippen LogP contribution < -0.4 is 9.62 Å². The monoisotopic (exact) mass is 462 g/mol. The molecule has 1 amide bonds. The molecule has 0 unspecified atom stereocenters. The number of carbonyl (C=O) groups excluding carboxylic acids is 1. The Morgan fingerprint density at radius 2 is 1.53 bits per heavy atom. The average molecular weight is 463 g/mol. The Labute approximate surface area is 186 Å². The molecular formula is C22H20Cl2N2O3S. The molecule has 0 atom stereocenters. The lowest BCUT2D eigenvalue weighted by atomic mass is 10.2. The zero-order valence-electron chi connectivity index (χ0n) is 16.4. The van der Waals surface area contributed by atoms with Crippen LogP contribution in [0.2, 0.25) is 10.0 Å². The number of sulfonamides is 1. The largest absolute Gasteiger partial charge is 0.323 e. The molecule has 8 heteroatoms. The number of aryl methyl sites for hydroxylation is 1. The van der Waals surface area contributed by atoms with Gasteiger partial charge in [0.25, 0.3) is 10.0 Å².